The average Bonchev–Trinajstić information content (AvgIpc) is 3.20. The Bertz CT molecular complexity index is 972. The van der Waals surface area contributed by atoms with Gasteiger partial charge in [0.15, 0.2) is 0 Å². The number of amides is 1. The van der Waals surface area contributed by atoms with Crippen molar-refractivity contribution in [3.05, 3.63) is 59.9 Å². The molecular formula is C22H27N5O3. The summed E-state index contributed by atoms with van der Waals surface area (Å²) in [6.45, 7) is 6.69. The zero-order valence-electron chi connectivity index (χ0n) is 17.3. The molecule has 0 bridgehead atoms. The van der Waals surface area contributed by atoms with E-state index in [0.29, 0.717) is 11.9 Å². The second kappa shape index (κ2) is 9.89. The third kappa shape index (κ3) is 5.57. The minimum Gasteiger partial charge on any atom is -0.394 e. The largest absolute Gasteiger partial charge is 0.414 e. The molecule has 3 rings (SSSR count). The molecule has 30 heavy (non-hydrogen) atoms. The first-order chi connectivity index (χ1) is 14.5. The van der Waals surface area contributed by atoms with Crippen LogP contribution in [0.1, 0.15) is 31.0 Å². The first-order valence-electron chi connectivity index (χ1n) is 9.86. The summed E-state index contributed by atoms with van der Waals surface area (Å²) < 4.78 is 5.34. The van der Waals surface area contributed by atoms with Crippen LogP contribution in [0.4, 0.5) is 10.7 Å². The fourth-order valence-electron chi connectivity index (χ4n) is 2.88. The van der Waals surface area contributed by atoms with Gasteiger partial charge in [-0.3, -0.25) is 0 Å². The van der Waals surface area contributed by atoms with Gasteiger partial charge in [-0.05, 0) is 24.0 Å². The lowest BCUT2D eigenvalue weighted by atomic mass is 10.1. The molecule has 0 radical (unpaired) electrons. The molecule has 0 spiro atoms. The fraction of sp³-hybridized carbons (Fsp3) is 0.318. The maximum absolute atomic E-state index is 12.3. The van der Waals surface area contributed by atoms with Crippen molar-refractivity contribution in [2.75, 3.05) is 18.5 Å². The van der Waals surface area contributed by atoms with Crippen molar-refractivity contribution in [1.82, 2.24) is 20.3 Å². The highest BCUT2D eigenvalue weighted by atomic mass is 16.6. The van der Waals surface area contributed by atoms with Crippen LogP contribution in [0.25, 0.3) is 11.3 Å². The number of aryl methyl sites for hydroxylation is 1. The van der Waals surface area contributed by atoms with Crippen LogP contribution in [0.15, 0.2) is 48.8 Å². The standard InChI is InChI=1S/C22H27N5O3/c1-14(2)10-24-21-25-11-15(3)20(27-21)17-9-19(23-12-17)30-22(29)26-18(13-28)16-7-5-4-6-8-16/h4-9,11-12,14,18,23,28H,10,13H2,1-3H3,(H,26,29)(H,24,25,27). The molecular weight excluding hydrogens is 382 g/mol. The highest BCUT2D eigenvalue weighted by Gasteiger charge is 2.16. The number of aliphatic hydroxyl groups excluding tert-OH is 1. The average molecular weight is 409 g/mol. The van der Waals surface area contributed by atoms with Crippen LogP contribution >= 0.6 is 0 Å². The molecule has 3 aromatic rings. The number of rotatable bonds is 8. The Labute approximate surface area is 175 Å². The molecule has 158 valence electrons. The van der Waals surface area contributed by atoms with E-state index in [1.165, 1.54) is 0 Å². The van der Waals surface area contributed by atoms with Gasteiger partial charge in [-0.2, -0.15) is 0 Å². The first kappa shape index (κ1) is 21.3. The molecule has 1 aromatic carbocycles. The van der Waals surface area contributed by atoms with E-state index in [-0.39, 0.29) is 12.5 Å². The molecule has 0 saturated heterocycles. The van der Waals surface area contributed by atoms with E-state index >= 15 is 0 Å². The lowest BCUT2D eigenvalue weighted by molar-refractivity contribution is 0.182. The maximum atomic E-state index is 12.3. The van der Waals surface area contributed by atoms with Crippen molar-refractivity contribution in [2.24, 2.45) is 5.92 Å². The highest BCUT2D eigenvalue weighted by molar-refractivity contribution is 5.72. The van der Waals surface area contributed by atoms with Gasteiger partial charge in [-0.15, -0.1) is 0 Å². The van der Waals surface area contributed by atoms with E-state index in [0.717, 1.165) is 28.9 Å². The first-order valence-corrected chi connectivity index (χ1v) is 9.86. The molecule has 0 aliphatic heterocycles. The second-order valence-corrected chi connectivity index (χ2v) is 7.43. The van der Waals surface area contributed by atoms with E-state index in [9.17, 15) is 9.90 Å². The minimum atomic E-state index is -0.662. The number of anilines is 1. The quantitative estimate of drug-likeness (QED) is 0.452. The Morgan fingerprint density at radius 1 is 1.27 bits per heavy atom. The summed E-state index contributed by atoms with van der Waals surface area (Å²) in [6.07, 6.45) is 2.83. The molecule has 0 fully saturated rings. The van der Waals surface area contributed by atoms with Crippen LogP contribution < -0.4 is 15.4 Å². The summed E-state index contributed by atoms with van der Waals surface area (Å²) in [4.78, 5) is 24.1. The van der Waals surface area contributed by atoms with Crippen molar-refractivity contribution in [2.45, 2.75) is 26.8 Å². The van der Waals surface area contributed by atoms with Crippen molar-refractivity contribution < 1.29 is 14.6 Å². The smallest absolute Gasteiger partial charge is 0.394 e. The second-order valence-electron chi connectivity index (χ2n) is 7.43. The minimum absolute atomic E-state index is 0.235. The predicted molar refractivity (Wildman–Crippen MR) is 115 cm³/mol. The van der Waals surface area contributed by atoms with Gasteiger partial charge in [0.05, 0.1) is 18.3 Å². The predicted octanol–water partition coefficient (Wildman–Crippen LogP) is 3.67. The number of H-pyrrole nitrogens is 1. The number of carbonyl (C=O) groups is 1. The van der Waals surface area contributed by atoms with Gasteiger partial charge >= 0.3 is 6.09 Å². The number of hydrogen-bond donors (Lipinski definition) is 4. The molecule has 0 aliphatic carbocycles. The van der Waals surface area contributed by atoms with Gasteiger partial charge in [0.25, 0.3) is 0 Å². The lowest BCUT2D eigenvalue weighted by Gasteiger charge is -2.15. The number of aromatic nitrogens is 3. The van der Waals surface area contributed by atoms with Gasteiger partial charge < -0.3 is 25.5 Å². The van der Waals surface area contributed by atoms with Gasteiger partial charge in [0.1, 0.15) is 0 Å². The molecule has 1 unspecified atom stereocenters. The summed E-state index contributed by atoms with van der Waals surface area (Å²) in [7, 11) is 0. The molecule has 0 aliphatic rings. The monoisotopic (exact) mass is 409 g/mol. The van der Waals surface area contributed by atoms with Crippen LogP contribution in [0.2, 0.25) is 0 Å². The highest BCUT2D eigenvalue weighted by Crippen LogP contribution is 2.25. The van der Waals surface area contributed by atoms with Crippen molar-refractivity contribution in [3.63, 3.8) is 0 Å². The molecule has 0 saturated carbocycles. The Morgan fingerprint density at radius 3 is 2.73 bits per heavy atom. The third-order valence-corrected chi connectivity index (χ3v) is 4.45. The molecule has 1 amide bonds. The number of aromatic amines is 1. The number of nitrogens with one attached hydrogen (secondary N) is 3. The lowest BCUT2D eigenvalue weighted by Crippen LogP contribution is -2.33. The van der Waals surface area contributed by atoms with E-state index < -0.39 is 12.1 Å². The van der Waals surface area contributed by atoms with Gasteiger partial charge in [0, 0.05) is 30.6 Å². The molecule has 4 N–H and O–H groups in total. The zero-order valence-corrected chi connectivity index (χ0v) is 17.3. The van der Waals surface area contributed by atoms with Crippen LogP contribution in [0.3, 0.4) is 0 Å². The molecule has 1 atom stereocenters. The summed E-state index contributed by atoms with van der Waals surface area (Å²) in [5.74, 6) is 1.31. The van der Waals surface area contributed by atoms with Crippen LogP contribution in [-0.4, -0.2) is 39.3 Å². The number of aliphatic hydroxyl groups is 1. The summed E-state index contributed by atoms with van der Waals surface area (Å²) >= 11 is 0. The van der Waals surface area contributed by atoms with E-state index in [1.807, 2.05) is 37.3 Å². The van der Waals surface area contributed by atoms with Crippen LogP contribution in [0.5, 0.6) is 5.88 Å². The van der Waals surface area contributed by atoms with Gasteiger partial charge in [-0.1, -0.05) is 44.2 Å². The topological polar surface area (TPSA) is 112 Å². The summed E-state index contributed by atoms with van der Waals surface area (Å²) in [5, 5.41) is 15.5. The number of ether oxygens (including phenoxy) is 1. The van der Waals surface area contributed by atoms with E-state index in [4.69, 9.17) is 4.74 Å². The molecule has 2 aromatic heterocycles. The van der Waals surface area contributed by atoms with Gasteiger partial charge in [0.2, 0.25) is 11.8 Å². The van der Waals surface area contributed by atoms with Gasteiger partial charge in [-0.25, -0.2) is 14.8 Å². The Morgan fingerprint density at radius 2 is 2.03 bits per heavy atom. The Hall–Kier alpha value is -3.39. The van der Waals surface area contributed by atoms with Crippen molar-refractivity contribution >= 4 is 12.0 Å². The van der Waals surface area contributed by atoms with E-state index in [2.05, 4.69) is 39.4 Å². The zero-order chi connectivity index (χ0) is 21.5. The SMILES string of the molecule is Cc1cnc(NCC(C)C)nc1-c1c[nH]c(OC(=O)NC(CO)c2ccccc2)c1. The maximum Gasteiger partial charge on any atom is 0.414 e. The number of benzene rings is 1. The summed E-state index contributed by atoms with van der Waals surface area (Å²) in [5.41, 5.74) is 3.24. The fourth-order valence-corrected chi connectivity index (χ4v) is 2.88. The molecule has 2 heterocycles. The summed E-state index contributed by atoms with van der Waals surface area (Å²) in [6, 6.07) is 10.4. The van der Waals surface area contributed by atoms with Crippen molar-refractivity contribution in [1.29, 1.82) is 0 Å². The normalized spacial score (nSPS) is 11.9. The van der Waals surface area contributed by atoms with Crippen LogP contribution in [-0.2, 0) is 0 Å². The Balaban J connectivity index is 1.67. The molecule has 8 nitrogen and oxygen atoms in total. The Kier molecular flexibility index (Phi) is 7.03. The molecule has 8 heteroatoms. The van der Waals surface area contributed by atoms with E-state index in [1.54, 1.807) is 18.5 Å². The number of carbonyl (C=O) groups excluding carboxylic acids is 1. The number of hydrogen-bond acceptors (Lipinski definition) is 6. The van der Waals surface area contributed by atoms with Crippen molar-refractivity contribution in [3.8, 4) is 17.1 Å². The third-order valence-electron chi connectivity index (χ3n) is 4.45. The number of nitrogens with zero attached hydrogens (tertiary/aromatic N) is 2. The van der Waals surface area contributed by atoms with Crippen LogP contribution in [0, 0.1) is 12.8 Å².